The Morgan fingerprint density at radius 3 is 2.21 bits per heavy atom. The number of halogens is 3. The first-order chi connectivity index (χ1) is 8.50. The summed E-state index contributed by atoms with van der Waals surface area (Å²) >= 11 is 0. The van der Waals surface area contributed by atoms with Crippen molar-refractivity contribution in [1.29, 1.82) is 0 Å². The van der Waals surface area contributed by atoms with Gasteiger partial charge in [0, 0.05) is 17.9 Å². The van der Waals surface area contributed by atoms with E-state index >= 15 is 0 Å². The van der Waals surface area contributed by atoms with Crippen LogP contribution in [0.25, 0.3) is 0 Å². The Morgan fingerprint density at radius 1 is 1.21 bits per heavy atom. The van der Waals surface area contributed by atoms with E-state index in [1.807, 2.05) is 27.7 Å². The Bertz CT molecular complexity index is 455. The number of aromatic nitrogens is 2. The Hall–Kier alpha value is -1.02. The van der Waals surface area contributed by atoms with Crippen LogP contribution in [0, 0.1) is 0 Å². The Morgan fingerprint density at radius 2 is 1.74 bits per heavy atom. The minimum Gasteiger partial charge on any atom is -0.399 e. The highest BCUT2D eigenvalue weighted by molar-refractivity contribution is 6.61. The summed E-state index contributed by atoms with van der Waals surface area (Å²) in [7, 11) is -0.688. The summed E-state index contributed by atoms with van der Waals surface area (Å²) in [4.78, 5) is 0. The Kier molecular flexibility index (Phi) is 3.21. The summed E-state index contributed by atoms with van der Waals surface area (Å²) in [6, 6.07) is 0. The predicted molar refractivity (Wildman–Crippen MR) is 64.0 cm³/mol. The molecule has 0 bridgehead atoms. The van der Waals surface area contributed by atoms with Gasteiger partial charge in [-0.3, -0.25) is 4.68 Å². The van der Waals surface area contributed by atoms with Crippen LogP contribution in [0.1, 0.15) is 27.7 Å². The molecule has 19 heavy (non-hydrogen) atoms. The van der Waals surface area contributed by atoms with E-state index < -0.39 is 31.0 Å². The van der Waals surface area contributed by atoms with Gasteiger partial charge in [0.15, 0.2) is 0 Å². The maximum absolute atomic E-state index is 12.3. The van der Waals surface area contributed by atoms with Crippen LogP contribution in [-0.4, -0.2) is 34.3 Å². The molecule has 0 amide bonds. The molecule has 106 valence electrons. The third kappa shape index (κ3) is 2.95. The highest BCUT2D eigenvalue weighted by Gasteiger charge is 2.52. The lowest BCUT2D eigenvalue weighted by atomic mass is 9.82. The topological polar surface area (TPSA) is 36.3 Å². The monoisotopic (exact) mass is 276 g/mol. The molecule has 1 aromatic rings. The molecule has 1 saturated heterocycles. The molecule has 1 fully saturated rings. The first-order valence-electron chi connectivity index (χ1n) is 5.95. The standard InChI is InChI=1S/C11H16BF3N2O2/c1-9(2)10(3,4)19-12(18-9)8-5-16-17(6-8)7-11(13,14)15/h5-6H,7H2,1-4H3. The molecule has 1 aliphatic heterocycles. The van der Waals surface area contributed by atoms with Gasteiger partial charge in [0.05, 0.1) is 11.2 Å². The molecule has 8 heteroatoms. The first kappa shape index (κ1) is 14.4. The molecule has 0 unspecified atom stereocenters. The van der Waals surface area contributed by atoms with E-state index in [-0.39, 0.29) is 0 Å². The van der Waals surface area contributed by atoms with Gasteiger partial charge in [0.25, 0.3) is 0 Å². The zero-order valence-electron chi connectivity index (χ0n) is 11.3. The molecule has 2 rings (SSSR count). The number of hydrogen-bond acceptors (Lipinski definition) is 3. The molecule has 0 aromatic carbocycles. The van der Waals surface area contributed by atoms with E-state index in [1.165, 1.54) is 12.4 Å². The molecule has 0 aliphatic carbocycles. The van der Waals surface area contributed by atoms with Crippen molar-refractivity contribution in [3.8, 4) is 0 Å². The van der Waals surface area contributed by atoms with Crippen molar-refractivity contribution in [2.24, 2.45) is 0 Å². The third-order valence-electron chi connectivity index (χ3n) is 3.52. The number of rotatable bonds is 2. The van der Waals surface area contributed by atoms with Crippen molar-refractivity contribution in [3.05, 3.63) is 12.4 Å². The van der Waals surface area contributed by atoms with Gasteiger partial charge in [-0.25, -0.2) is 0 Å². The van der Waals surface area contributed by atoms with Crippen LogP contribution in [0.4, 0.5) is 13.2 Å². The van der Waals surface area contributed by atoms with Crippen molar-refractivity contribution in [2.45, 2.75) is 51.6 Å². The largest absolute Gasteiger partial charge is 0.498 e. The lowest BCUT2D eigenvalue weighted by Crippen LogP contribution is -2.41. The number of hydrogen-bond donors (Lipinski definition) is 0. The fourth-order valence-electron chi connectivity index (χ4n) is 1.75. The number of alkyl halides is 3. The SMILES string of the molecule is CC1(C)OB(c2cnn(CC(F)(F)F)c2)OC1(C)C. The summed E-state index contributed by atoms with van der Waals surface area (Å²) in [5, 5.41) is 3.68. The number of nitrogens with zero attached hydrogens (tertiary/aromatic N) is 2. The van der Waals surface area contributed by atoms with Gasteiger partial charge < -0.3 is 9.31 Å². The molecular formula is C11H16BF3N2O2. The molecule has 0 N–H and O–H groups in total. The van der Waals surface area contributed by atoms with Crippen LogP contribution in [0.2, 0.25) is 0 Å². The third-order valence-corrected chi connectivity index (χ3v) is 3.52. The van der Waals surface area contributed by atoms with Crippen LogP contribution in [0.3, 0.4) is 0 Å². The highest BCUT2D eigenvalue weighted by atomic mass is 19.4. The van der Waals surface area contributed by atoms with Crippen molar-refractivity contribution in [3.63, 3.8) is 0 Å². The van der Waals surface area contributed by atoms with E-state index in [0.29, 0.717) is 5.46 Å². The van der Waals surface area contributed by atoms with Gasteiger partial charge in [-0.15, -0.1) is 0 Å². The van der Waals surface area contributed by atoms with E-state index in [1.54, 1.807) is 0 Å². The minimum atomic E-state index is -4.29. The van der Waals surface area contributed by atoms with Crippen molar-refractivity contribution in [1.82, 2.24) is 9.78 Å². The van der Waals surface area contributed by atoms with Gasteiger partial charge in [0.1, 0.15) is 6.54 Å². The normalized spacial score (nSPS) is 21.9. The van der Waals surface area contributed by atoms with E-state index in [4.69, 9.17) is 9.31 Å². The van der Waals surface area contributed by atoms with Crippen LogP contribution < -0.4 is 5.46 Å². The lowest BCUT2D eigenvalue weighted by molar-refractivity contribution is -0.142. The average molecular weight is 276 g/mol. The minimum absolute atomic E-state index is 0.489. The summed E-state index contributed by atoms with van der Waals surface area (Å²) in [5.41, 5.74) is -0.559. The van der Waals surface area contributed by atoms with Crippen molar-refractivity contribution in [2.75, 3.05) is 0 Å². The van der Waals surface area contributed by atoms with Gasteiger partial charge in [0.2, 0.25) is 0 Å². The predicted octanol–water partition coefficient (Wildman–Crippen LogP) is 1.74. The fourth-order valence-corrected chi connectivity index (χ4v) is 1.75. The molecule has 1 aromatic heterocycles. The van der Waals surface area contributed by atoms with Gasteiger partial charge >= 0.3 is 13.3 Å². The van der Waals surface area contributed by atoms with Crippen molar-refractivity contribution < 1.29 is 22.5 Å². The maximum Gasteiger partial charge on any atom is 0.498 e. The Balaban J connectivity index is 2.13. The molecule has 0 atom stereocenters. The molecule has 0 radical (unpaired) electrons. The first-order valence-corrected chi connectivity index (χ1v) is 5.95. The second-order valence-electron chi connectivity index (χ2n) is 5.67. The van der Waals surface area contributed by atoms with E-state index in [2.05, 4.69) is 5.10 Å². The second-order valence-corrected chi connectivity index (χ2v) is 5.67. The summed E-state index contributed by atoms with van der Waals surface area (Å²) < 4.78 is 49.1. The van der Waals surface area contributed by atoms with Gasteiger partial charge in [-0.2, -0.15) is 18.3 Å². The molecule has 4 nitrogen and oxygen atoms in total. The smallest absolute Gasteiger partial charge is 0.399 e. The second kappa shape index (κ2) is 4.24. The molecular weight excluding hydrogens is 260 g/mol. The van der Waals surface area contributed by atoms with Crippen LogP contribution in [0.15, 0.2) is 12.4 Å². The van der Waals surface area contributed by atoms with Crippen LogP contribution in [-0.2, 0) is 15.9 Å². The summed E-state index contributed by atoms with van der Waals surface area (Å²) in [5.74, 6) is 0. The summed E-state index contributed by atoms with van der Waals surface area (Å²) in [6.45, 7) is 6.41. The fraction of sp³-hybridized carbons (Fsp3) is 0.727. The molecule has 1 aliphatic rings. The zero-order valence-corrected chi connectivity index (χ0v) is 11.3. The lowest BCUT2D eigenvalue weighted by Gasteiger charge is -2.32. The van der Waals surface area contributed by atoms with Crippen molar-refractivity contribution >= 4 is 12.6 Å². The molecule has 2 heterocycles. The summed E-state index contributed by atoms with van der Waals surface area (Å²) in [6.07, 6.45) is -1.65. The average Bonchev–Trinajstić information content (AvgIpc) is 2.68. The quantitative estimate of drug-likeness (QED) is 0.772. The zero-order chi connectivity index (χ0) is 14.5. The van der Waals surface area contributed by atoms with Gasteiger partial charge in [-0.05, 0) is 27.7 Å². The molecule has 0 spiro atoms. The highest BCUT2D eigenvalue weighted by Crippen LogP contribution is 2.36. The van der Waals surface area contributed by atoms with Gasteiger partial charge in [-0.1, -0.05) is 0 Å². The maximum atomic E-state index is 12.3. The van der Waals surface area contributed by atoms with E-state index in [0.717, 1.165) is 4.68 Å². The Labute approximate surface area is 110 Å². The van der Waals surface area contributed by atoms with Crippen LogP contribution >= 0.6 is 0 Å². The molecule has 0 saturated carbocycles. The van der Waals surface area contributed by atoms with Crippen LogP contribution in [0.5, 0.6) is 0 Å². The van der Waals surface area contributed by atoms with E-state index in [9.17, 15) is 13.2 Å².